The Morgan fingerprint density at radius 3 is 2.78 bits per heavy atom. The molecule has 2 atom stereocenters. The lowest BCUT2D eigenvalue weighted by atomic mass is 10.1. The lowest BCUT2D eigenvalue weighted by molar-refractivity contribution is -0.124. The van der Waals surface area contributed by atoms with E-state index in [0.717, 1.165) is 51.7 Å². The van der Waals surface area contributed by atoms with Gasteiger partial charge < -0.3 is 16.0 Å². The van der Waals surface area contributed by atoms with E-state index < -0.39 is 0 Å². The molecule has 1 amide bonds. The fourth-order valence-corrected chi connectivity index (χ4v) is 3.52. The number of nitrogens with one attached hydrogen (secondary N) is 1. The van der Waals surface area contributed by atoms with E-state index in [1.54, 1.807) is 0 Å². The van der Waals surface area contributed by atoms with Gasteiger partial charge in [0.2, 0.25) is 5.91 Å². The Kier molecular flexibility index (Phi) is 8.17. The van der Waals surface area contributed by atoms with Gasteiger partial charge in [-0.1, -0.05) is 18.2 Å². The maximum Gasteiger partial charge on any atom is 0.223 e. The largest absolute Gasteiger partial charge is 0.371 e. The van der Waals surface area contributed by atoms with Crippen molar-refractivity contribution in [3.63, 3.8) is 0 Å². The summed E-state index contributed by atoms with van der Waals surface area (Å²) in [7, 11) is 0. The molecule has 0 radical (unpaired) electrons. The summed E-state index contributed by atoms with van der Waals surface area (Å²) in [5.74, 6) is 0.345. The molecule has 0 saturated heterocycles. The van der Waals surface area contributed by atoms with E-state index in [1.807, 2.05) is 0 Å². The van der Waals surface area contributed by atoms with Crippen LogP contribution in [0.4, 0.5) is 5.69 Å². The van der Waals surface area contributed by atoms with E-state index in [1.165, 1.54) is 11.3 Å². The van der Waals surface area contributed by atoms with E-state index >= 15 is 0 Å². The van der Waals surface area contributed by atoms with Gasteiger partial charge in [-0.05, 0) is 43.7 Å². The van der Waals surface area contributed by atoms with Gasteiger partial charge in [0.15, 0.2) is 0 Å². The van der Waals surface area contributed by atoms with Crippen LogP contribution in [0.3, 0.4) is 0 Å². The Morgan fingerprint density at radius 2 is 2.04 bits per heavy atom. The van der Waals surface area contributed by atoms with E-state index in [0.29, 0.717) is 0 Å². The molecule has 1 aliphatic heterocycles. The molecule has 23 heavy (non-hydrogen) atoms. The van der Waals surface area contributed by atoms with Crippen molar-refractivity contribution in [3.8, 4) is 0 Å². The van der Waals surface area contributed by atoms with Gasteiger partial charge in [-0.15, -0.1) is 24.8 Å². The number of halogens is 2. The minimum absolute atomic E-state index is 0. The number of hydrogen-bond donors (Lipinski definition) is 2. The Morgan fingerprint density at radius 1 is 1.26 bits per heavy atom. The molecule has 2 unspecified atom stereocenters. The molecule has 0 spiro atoms. The van der Waals surface area contributed by atoms with Crippen molar-refractivity contribution in [3.05, 3.63) is 29.8 Å². The van der Waals surface area contributed by atoms with E-state index in [4.69, 9.17) is 5.73 Å². The van der Waals surface area contributed by atoms with Crippen LogP contribution >= 0.6 is 24.8 Å². The molecule has 1 aliphatic carbocycles. The lowest BCUT2D eigenvalue weighted by Crippen LogP contribution is -2.33. The first-order valence-electron chi connectivity index (χ1n) is 8.10. The number of para-hydroxylation sites is 1. The van der Waals surface area contributed by atoms with Crippen molar-refractivity contribution < 1.29 is 4.79 Å². The van der Waals surface area contributed by atoms with Crippen LogP contribution in [0.1, 0.15) is 31.2 Å². The molecule has 0 bridgehead atoms. The summed E-state index contributed by atoms with van der Waals surface area (Å²) in [5.41, 5.74) is 8.67. The highest BCUT2D eigenvalue weighted by Crippen LogP contribution is 2.27. The molecule has 3 N–H and O–H groups in total. The summed E-state index contributed by atoms with van der Waals surface area (Å²) in [6.07, 6.45) is 4.93. The highest BCUT2D eigenvalue weighted by Gasteiger charge is 2.27. The fourth-order valence-electron chi connectivity index (χ4n) is 3.52. The van der Waals surface area contributed by atoms with Crippen LogP contribution in [-0.4, -0.2) is 31.6 Å². The molecule has 4 nitrogen and oxygen atoms in total. The molecule has 6 heteroatoms. The van der Waals surface area contributed by atoms with Gasteiger partial charge >= 0.3 is 0 Å². The van der Waals surface area contributed by atoms with E-state index in [9.17, 15) is 4.79 Å². The third kappa shape index (κ3) is 5.00. The van der Waals surface area contributed by atoms with Crippen molar-refractivity contribution in [2.45, 2.75) is 38.1 Å². The number of fused-ring (bicyclic) bond motifs is 1. The van der Waals surface area contributed by atoms with Crippen molar-refractivity contribution in [1.29, 1.82) is 0 Å². The Hall–Kier alpha value is -0.970. The van der Waals surface area contributed by atoms with Gasteiger partial charge in [0, 0.05) is 37.3 Å². The maximum atomic E-state index is 12.0. The van der Waals surface area contributed by atoms with Gasteiger partial charge in [-0.2, -0.15) is 0 Å². The fraction of sp³-hybridized carbons (Fsp3) is 0.588. The van der Waals surface area contributed by atoms with Gasteiger partial charge in [-0.25, -0.2) is 0 Å². The van der Waals surface area contributed by atoms with Gasteiger partial charge in [0.1, 0.15) is 0 Å². The minimum Gasteiger partial charge on any atom is -0.371 e. The zero-order chi connectivity index (χ0) is 14.7. The number of nitrogens with zero attached hydrogens (tertiary/aromatic N) is 1. The molecule has 1 saturated carbocycles. The zero-order valence-corrected chi connectivity index (χ0v) is 15.0. The summed E-state index contributed by atoms with van der Waals surface area (Å²) in [6, 6.07) is 8.83. The van der Waals surface area contributed by atoms with Crippen LogP contribution in [0.5, 0.6) is 0 Å². The van der Waals surface area contributed by atoms with Crippen molar-refractivity contribution in [2.24, 2.45) is 11.7 Å². The Balaban J connectivity index is 0.00000132. The van der Waals surface area contributed by atoms with E-state index in [-0.39, 0.29) is 42.7 Å². The van der Waals surface area contributed by atoms with Gasteiger partial charge in [0.25, 0.3) is 0 Å². The summed E-state index contributed by atoms with van der Waals surface area (Å²) >= 11 is 0. The second-order valence-corrected chi connectivity index (χ2v) is 6.28. The summed E-state index contributed by atoms with van der Waals surface area (Å²) in [4.78, 5) is 14.4. The maximum absolute atomic E-state index is 12.0. The number of amides is 1. The lowest BCUT2D eigenvalue weighted by Gasteiger charge is -2.19. The van der Waals surface area contributed by atoms with Gasteiger partial charge in [0.05, 0.1) is 0 Å². The molecule has 130 valence electrons. The third-order valence-electron chi connectivity index (χ3n) is 4.73. The topological polar surface area (TPSA) is 58.4 Å². The number of anilines is 1. The Labute approximate surface area is 151 Å². The SMILES string of the molecule is Cl.Cl.NC1CCC(C(=O)NCCCN2CCc3ccccc32)C1. The smallest absolute Gasteiger partial charge is 0.223 e. The highest BCUT2D eigenvalue weighted by atomic mass is 35.5. The molecule has 0 aromatic heterocycles. The highest BCUT2D eigenvalue weighted by molar-refractivity contribution is 5.85. The van der Waals surface area contributed by atoms with Crippen LogP contribution < -0.4 is 16.0 Å². The summed E-state index contributed by atoms with van der Waals surface area (Å²) < 4.78 is 0. The second kappa shape index (κ2) is 9.36. The molecule has 1 heterocycles. The first-order chi connectivity index (χ1) is 10.2. The first kappa shape index (κ1) is 20.1. The van der Waals surface area contributed by atoms with Crippen LogP contribution in [0.2, 0.25) is 0 Å². The van der Waals surface area contributed by atoms with Crippen molar-refractivity contribution in [1.82, 2.24) is 5.32 Å². The van der Waals surface area contributed by atoms with Crippen LogP contribution in [-0.2, 0) is 11.2 Å². The summed E-state index contributed by atoms with van der Waals surface area (Å²) in [5, 5.41) is 3.07. The van der Waals surface area contributed by atoms with Crippen molar-refractivity contribution >= 4 is 36.4 Å². The van der Waals surface area contributed by atoms with Gasteiger partial charge in [-0.3, -0.25) is 4.79 Å². The number of carbonyl (C=O) groups excluding carboxylic acids is 1. The standard InChI is InChI=1S/C17H25N3O.2ClH/c18-15-7-6-14(12-15)17(21)19-9-3-10-20-11-8-13-4-1-2-5-16(13)20;;/h1-2,4-5,14-15H,3,6-12,18H2,(H,19,21);2*1H. The average molecular weight is 360 g/mol. The predicted octanol–water partition coefficient (Wildman–Crippen LogP) is 2.53. The normalized spacial score (nSPS) is 22.0. The number of hydrogen-bond acceptors (Lipinski definition) is 3. The first-order valence-corrected chi connectivity index (χ1v) is 8.10. The monoisotopic (exact) mass is 359 g/mol. The number of benzene rings is 1. The zero-order valence-electron chi connectivity index (χ0n) is 13.4. The second-order valence-electron chi connectivity index (χ2n) is 6.28. The minimum atomic E-state index is 0. The van der Waals surface area contributed by atoms with E-state index in [2.05, 4.69) is 34.5 Å². The van der Waals surface area contributed by atoms with Crippen LogP contribution in [0, 0.1) is 5.92 Å². The number of nitrogens with two attached hydrogens (primary N) is 1. The number of rotatable bonds is 5. The number of carbonyl (C=O) groups is 1. The molecule has 1 aromatic rings. The summed E-state index contributed by atoms with van der Waals surface area (Å²) in [6.45, 7) is 2.88. The molecule has 1 fully saturated rings. The molecular weight excluding hydrogens is 333 g/mol. The third-order valence-corrected chi connectivity index (χ3v) is 4.73. The van der Waals surface area contributed by atoms with Crippen LogP contribution in [0.25, 0.3) is 0 Å². The predicted molar refractivity (Wildman–Crippen MR) is 99.8 cm³/mol. The quantitative estimate of drug-likeness (QED) is 0.794. The molecule has 3 rings (SSSR count). The van der Waals surface area contributed by atoms with Crippen LogP contribution in [0.15, 0.2) is 24.3 Å². The van der Waals surface area contributed by atoms with Crippen molar-refractivity contribution in [2.75, 3.05) is 24.5 Å². The molecule has 2 aliphatic rings. The average Bonchev–Trinajstić information content (AvgIpc) is 3.10. The molecule has 1 aromatic carbocycles. The molecular formula is C17H27Cl2N3O. The Bertz CT molecular complexity index is 512.